The van der Waals surface area contributed by atoms with E-state index in [2.05, 4.69) is 17.1 Å². The third-order valence-electron chi connectivity index (χ3n) is 2.59. The highest BCUT2D eigenvalue weighted by molar-refractivity contribution is 5.90. The van der Waals surface area contributed by atoms with Gasteiger partial charge in [-0.3, -0.25) is 4.79 Å². The Hall–Kier alpha value is -2.56. The van der Waals surface area contributed by atoms with E-state index in [1.807, 2.05) is 24.3 Å². The van der Waals surface area contributed by atoms with Gasteiger partial charge >= 0.3 is 0 Å². The number of benzene rings is 1. The summed E-state index contributed by atoms with van der Waals surface area (Å²) in [5.74, 6) is 1.42. The Morgan fingerprint density at radius 3 is 3.00 bits per heavy atom. The molecule has 0 unspecified atom stereocenters. The minimum atomic E-state index is -0.285. The van der Waals surface area contributed by atoms with Crippen molar-refractivity contribution < 1.29 is 14.1 Å². The summed E-state index contributed by atoms with van der Waals surface area (Å²) in [6, 6.07) is 9.19. The molecule has 0 spiro atoms. The molecule has 0 aliphatic heterocycles. The zero-order valence-electron chi connectivity index (χ0n) is 11.3. The topological polar surface area (TPSA) is 64.4 Å². The molecule has 2 rings (SSSR count). The van der Waals surface area contributed by atoms with Gasteiger partial charge in [0.1, 0.15) is 11.5 Å². The second-order valence-corrected chi connectivity index (χ2v) is 4.26. The lowest BCUT2D eigenvalue weighted by Crippen LogP contribution is -2.20. The average Bonchev–Trinajstić information content (AvgIpc) is 2.83. The molecule has 0 bridgehead atoms. The molecule has 1 N–H and O–H groups in total. The van der Waals surface area contributed by atoms with E-state index < -0.39 is 0 Å². The molecule has 0 atom stereocenters. The van der Waals surface area contributed by atoms with Crippen LogP contribution in [0.5, 0.6) is 5.75 Å². The predicted octanol–water partition coefficient (Wildman–Crippen LogP) is 2.73. The molecule has 1 heterocycles. The summed E-state index contributed by atoms with van der Waals surface area (Å²) in [6.45, 7) is 5.37. The fourth-order valence-electron chi connectivity index (χ4n) is 1.72. The Morgan fingerprint density at radius 1 is 1.50 bits per heavy atom. The lowest BCUT2D eigenvalue weighted by Gasteiger charge is -2.09. The Morgan fingerprint density at radius 2 is 2.30 bits per heavy atom. The fraction of sp³-hybridized carbons (Fsp3) is 0.200. The minimum Gasteiger partial charge on any atom is -0.483 e. The summed E-state index contributed by atoms with van der Waals surface area (Å²) in [4.78, 5) is 11.7. The maximum atomic E-state index is 11.7. The van der Waals surface area contributed by atoms with Gasteiger partial charge in [-0.2, -0.15) is 0 Å². The van der Waals surface area contributed by atoms with E-state index >= 15 is 0 Å². The number of allylic oxidation sites excluding steroid dienone is 1. The fourth-order valence-corrected chi connectivity index (χ4v) is 1.72. The van der Waals surface area contributed by atoms with Crippen molar-refractivity contribution in [2.24, 2.45) is 0 Å². The quantitative estimate of drug-likeness (QED) is 0.821. The first-order valence-corrected chi connectivity index (χ1v) is 6.24. The van der Waals surface area contributed by atoms with Crippen LogP contribution >= 0.6 is 0 Å². The Bertz CT molecular complexity index is 605. The van der Waals surface area contributed by atoms with Crippen molar-refractivity contribution in [3.8, 4) is 5.75 Å². The first-order valence-electron chi connectivity index (χ1n) is 6.24. The number of ether oxygens (including phenoxy) is 1. The summed E-state index contributed by atoms with van der Waals surface area (Å²) in [5.41, 5.74) is 0.993. The predicted molar refractivity (Wildman–Crippen MR) is 75.7 cm³/mol. The molecular weight excluding hydrogens is 256 g/mol. The number of hydrogen-bond donors (Lipinski definition) is 1. The van der Waals surface area contributed by atoms with Gasteiger partial charge in [0.2, 0.25) is 0 Å². The maximum Gasteiger partial charge on any atom is 0.263 e. The van der Waals surface area contributed by atoms with Gasteiger partial charge in [-0.25, -0.2) is 0 Å². The highest BCUT2D eigenvalue weighted by Gasteiger charge is 2.08. The number of nitrogens with one attached hydrogen (secondary N) is 1. The van der Waals surface area contributed by atoms with Crippen molar-refractivity contribution in [3.05, 3.63) is 54.3 Å². The minimum absolute atomic E-state index is 0.0833. The largest absolute Gasteiger partial charge is 0.483 e. The number of amides is 1. The van der Waals surface area contributed by atoms with Gasteiger partial charge in [-0.05, 0) is 25.0 Å². The zero-order chi connectivity index (χ0) is 14.4. The van der Waals surface area contributed by atoms with Crippen molar-refractivity contribution in [2.45, 2.75) is 13.3 Å². The van der Waals surface area contributed by atoms with E-state index in [0.29, 0.717) is 23.7 Å². The number of carbonyl (C=O) groups excluding carboxylic acids is 1. The highest BCUT2D eigenvalue weighted by Crippen LogP contribution is 2.18. The molecule has 1 amide bonds. The number of aromatic nitrogens is 1. The molecule has 20 heavy (non-hydrogen) atoms. The van der Waals surface area contributed by atoms with Gasteiger partial charge < -0.3 is 14.6 Å². The van der Waals surface area contributed by atoms with Gasteiger partial charge in [0.05, 0.1) is 0 Å². The van der Waals surface area contributed by atoms with Gasteiger partial charge in [-0.1, -0.05) is 29.4 Å². The Kier molecular flexibility index (Phi) is 4.55. The smallest absolute Gasteiger partial charge is 0.263 e. The summed E-state index contributed by atoms with van der Waals surface area (Å²) in [6.07, 6.45) is 2.49. The van der Waals surface area contributed by atoms with Crippen LogP contribution in [0.2, 0.25) is 0 Å². The standard InChI is InChI=1S/C15H16N2O3/c1-3-6-12-7-4-5-8-13(12)19-10-15(18)16-14-9-11(2)20-17-14/h3-5,7-9H,1,6,10H2,2H3,(H,16,17,18). The second kappa shape index (κ2) is 6.56. The second-order valence-electron chi connectivity index (χ2n) is 4.26. The number of para-hydroxylation sites is 1. The van der Waals surface area contributed by atoms with Gasteiger partial charge in [-0.15, -0.1) is 6.58 Å². The molecule has 1 aromatic carbocycles. The molecule has 2 aromatic rings. The molecule has 0 fully saturated rings. The third kappa shape index (κ3) is 3.71. The molecule has 1 aromatic heterocycles. The van der Waals surface area contributed by atoms with E-state index in [1.165, 1.54) is 0 Å². The molecule has 0 saturated carbocycles. The van der Waals surface area contributed by atoms with Crippen LogP contribution in [0.3, 0.4) is 0 Å². The summed E-state index contributed by atoms with van der Waals surface area (Å²) < 4.78 is 10.4. The molecular formula is C15H16N2O3. The third-order valence-corrected chi connectivity index (χ3v) is 2.59. The monoisotopic (exact) mass is 272 g/mol. The van der Waals surface area contributed by atoms with Crippen LogP contribution < -0.4 is 10.1 Å². The van der Waals surface area contributed by atoms with Crippen molar-refractivity contribution in [1.82, 2.24) is 5.16 Å². The van der Waals surface area contributed by atoms with E-state index in [0.717, 1.165) is 5.56 Å². The number of aryl methyl sites for hydroxylation is 1. The number of hydrogen-bond acceptors (Lipinski definition) is 4. The van der Waals surface area contributed by atoms with E-state index in [9.17, 15) is 4.79 Å². The number of rotatable bonds is 6. The summed E-state index contributed by atoms with van der Waals surface area (Å²) >= 11 is 0. The van der Waals surface area contributed by atoms with E-state index in [-0.39, 0.29) is 12.5 Å². The molecule has 5 heteroatoms. The van der Waals surface area contributed by atoms with Gasteiger partial charge in [0.15, 0.2) is 12.4 Å². The van der Waals surface area contributed by atoms with Crippen molar-refractivity contribution in [3.63, 3.8) is 0 Å². The van der Waals surface area contributed by atoms with Crippen molar-refractivity contribution in [1.29, 1.82) is 0 Å². The lowest BCUT2D eigenvalue weighted by molar-refractivity contribution is -0.118. The Labute approximate surface area is 117 Å². The molecule has 0 saturated heterocycles. The number of carbonyl (C=O) groups is 1. The van der Waals surface area contributed by atoms with Crippen LogP contribution in [0.1, 0.15) is 11.3 Å². The van der Waals surface area contributed by atoms with E-state index in [4.69, 9.17) is 9.26 Å². The molecule has 0 radical (unpaired) electrons. The van der Waals surface area contributed by atoms with Crippen LogP contribution in [-0.4, -0.2) is 17.7 Å². The SMILES string of the molecule is C=CCc1ccccc1OCC(=O)Nc1cc(C)on1. The molecule has 0 aliphatic rings. The zero-order valence-corrected chi connectivity index (χ0v) is 11.3. The maximum absolute atomic E-state index is 11.7. The van der Waals surface area contributed by atoms with Crippen LogP contribution in [-0.2, 0) is 11.2 Å². The number of nitrogens with zero attached hydrogens (tertiary/aromatic N) is 1. The summed E-state index contributed by atoms with van der Waals surface area (Å²) in [5, 5.41) is 6.28. The Balaban J connectivity index is 1.91. The number of anilines is 1. The first kappa shape index (κ1) is 13.9. The molecule has 104 valence electrons. The van der Waals surface area contributed by atoms with Gasteiger partial charge in [0, 0.05) is 6.07 Å². The van der Waals surface area contributed by atoms with Crippen molar-refractivity contribution in [2.75, 3.05) is 11.9 Å². The summed E-state index contributed by atoms with van der Waals surface area (Å²) in [7, 11) is 0. The average molecular weight is 272 g/mol. The molecule has 5 nitrogen and oxygen atoms in total. The normalized spacial score (nSPS) is 10.1. The lowest BCUT2D eigenvalue weighted by atomic mass is 10.1. The first-order chi connectivity index (χ1) is 9.69. The van der Waals surface area contributed by atoms with Crippen molar-refractivity contribution >= 4 is 11.7 Å². The van der Waals surface area contributed by atoms with Crippen LogP contribution in [0.15, 0.2) is 47.5 Å². The van der Waals surface area contributed by atoms with Gasteiger partial charge in [0.25, 0.3) is 5.91 Å². The molecule has 0 aliphatic carbocycles. The highest BCUT2D eigenvalue weighted by atomic mass is 16.5. The van der Waals surface area contributed by atoms with Crippen LogP contribution in [0, 0.1) is 6.92 Å². The van der Waals surface area contributed by atoms with Crippen LogP contribution in [0.4, 0.5) is 5.82 Å². The van der Waals surface area contributed by atoms with Crippen LogP contribution in [0.25, 0.3) is 0 Å². The van der Waals surface area contributed by atoms with E-state index in [1.54, 1.807) is 19.1 Å².